The van der Waals surface area contributed by atoms with Gasteiger partial charge >= 0.3 is 13.1 Å². The molecule has 0 radical (unpaired) electrons. The van der Waals surface area contributed by atoms with Crippen LogP contribution in [0.5, 0.6) is 5.75 Å². The molecule has 2 rings (SSSR count). The van der Waals surface area contributed by atoms with E-state index in [0.29, 0.717) is 19.6 Å². The van der Waals surface area contributed by atoms with Crippen LogP contribution in [-0.4, -0.2) is 87.2 Å². The van der Waals surface area contributed by atoms with Crippen molar-refractivity contribution in [3.63, 3.8) is 0 Å². The fraction of sp³-hybridized carbons (Fsp3) is 0.391. The van der Waals surface area contributed by atoms with Gasteiger partial charge in [0.25, 0.3) is 0 Å². The van der Waals surface area contributed by atoms with Crippen molar-refractivity contribution in [2.45, 2.75) is 25.2 Å². The van der Waals surface area contributed by atoms with E-state index in [9.17, 15) is 24.7 Å². The van der Waals surface area contributed by atoms with Crippen molar-refractivity contribution in [3.05, 3.63) is 64.7 Å². The van der Waals surface area contributed by atoms with Crippen molar-refractivity contribution in [1.29, 1.82) is 0 Å². The second kappa shape index (κ2) is 13.7. The van der Waals surface area contributed by atoms with Crippen LogP contribution in [-0.2, 0) is 24.2 Å². The fourth-order valence-electron chi connectivity index (χ4n) is 3.56. The summed E-state index contributed by atoms with van der Waals surface area (Å²) in [5, 5.41) is 59.5. The molecule has 10 nitrogen and oxygen atoms in total. The smallest absolute Gasteiger partial charge is 0.456 e. The van der Waals surface area contributed by atoms with E-state index in [2.05, 4.69) is 5.32 Å². The zero-order chi connectivity index (χ0) is 25.1. The van der Waals surface area contributed by atoms with Crippen molar-refractivity contribution in [2.75, 3.05) is 32.8 Å². The molecule has 7 N–H and O–H groups in total. The molecule has 2 aromatic rings. The highest BCUT2D eigenvalue weighted by Gasteiger charge is 2.26. The second-order valence-electron chi connectivity index (χ2n) is 8.02. The lowest BCUT2D eigenvalue weighted by atomic mass is 9.69. The number of carbonyl (C=O) groups excluding carboxylic acids is 1. The molecule has 1 atom stereocenters. The highest BCUT2D eigenvalue weighted by atomic mass is 16.4. The maximum atomic E-state index is 12.4. The quantitative estimate of drug-likeness (QED) is 0.180. The highest BCUT2D eigenvalue weighted by molar-refractivity contribution is 6.43. The van der Waals surface area contributed by atoms with E-state index in [4.69, 9.17) is 15.3 Å². The number of carbonyl (C=O) groups is 2. The van der Waals surface area contributed by atoms with Crippen LogP contribution in [0.4, 0.5) is 0 Å². The standard InChI is InChI=1S/C23H31BN2O8/c27-10-8-26(9-11-28)15-17-6-4-16(5-7-17)12-21(29)25-14-19(24(33)34)13-18-2-1-3-20(22(18)30)23(31)32/h1-7,19,27-28,30,33-34H,8-15H2,(H,25,29)(H,31,32)/t19-/m1/s1. The minimum atomic E-state index is -1.78. The number of aromatic carboxylic acids is 1. The van der Waals surface area contributed by atoms with Crippen LogP contribution in [0.3, 0.4) is 0 Å². The zero-order valence-corrected chi connectivity index (χ0v) is 18.8. The summed E-state index contributed by atoms with van der Waals surface area (Å²) in [5.41, 5.74) is 1.68. The molecule has 0 unspecified atom stereocenters. The van der Waals surface area contributed by atoms with Crippen molar-refractivity contribution >= 4 is 19.0 Å². The van der Waals surface area contributed by atoms with Gasteiger partial charge in [-0.05, 0) is 29.2 Å². The predicted molar refractivity (Wildman–Crippen MR) is 125 cm³/mol. The number of para-hydroxylation sites is 1. The lowest BCUT2D eigenvalue weighted by Crippen LogP contribution is -2.35. The van der Waals surface area contributed by atoms with Crippen LogP contribution in [0.2, 0.25) is 5.82 Å². The summed E-state index contributed by atoms with van der Waals surface area (Å²) in [6.07, 6.45) is 0.0308. The van der Waals surface area contributed by atoms with Crippen molar-refractivity contribution in [2.24, 2.45) is 0 Å². The third kappa shape index (κ3) is 8.43. The Morgan fingerprint density at radius 1 is 0.971 bits per heavy atom. The van der Waals surface area contributed by atoms with Crippen LogP contribution in [0.25, 0.3) is 0 Å². The molecule has 0 aliphatic carbocycles. The molecule has 0 aromatic heterocycles. The molecule has 0 heterocycles. The third-order valence-corrected chi connectivity index (χ3v) is 5.44. The Kier molecular flexibility index (Phi) is 11.0. The molecule has 0 fully saturated rings. The number of nitrogens with zero attached hydrogens (tertiary/aromatic N) is 1. The minimum absolute atomic E-state index is 0.00754. The number of aromatic hydroxyl groups is 1. The number of phenols is 1. The fourth-order valence-corrected chi connectivity index (χ4v) is 3.56. The molecule has 34 heavy (non-hydrogen) atoms. The van der Waals surface area contributed by atoms with Gasteiger partial charge in [0.2, 0.25) is 5.91 Å². The number of amides is 1. The summed E-state index contributed by atoms with van der Waals surface area (Å²) in [6, 6.07) is 11.5. The average molecular weight is 474 g/mol. The molecular formula is C23H31BN2O8. The number of carboxylic acids is 1. The second-order valence-corrected chi connectivity index (χ2v) is 8.02. The molecule has 1 amide bonds. The molecule has 0 saturated heterocycles. The lowest BCUT2D eigenvalue weighted by molar-refractivity contribution is -0.120. The van der Waals surface area contributed by atoms with E-state index in [1.54, 1.807) is 12.1 Å². The number of carboxylic acid groups (broad SMARTS) is 1. The van der Waals surface area contributed by atoms with E-state index in [-0.39, 0.29) is 49.6 Å². The van der Waals surface area contributed by atoms with Crippen LogP contribution < -0.4 is 5.32 Å². The Morgan fingerprint density at radius 3 is 2.15 bits per heavy atom. The Bertz CT molecular complexity index is 933. The van der Waals surface area contributed by atoms with Gasteiger partial charge in [0, 0.05) is 32.0 Å². The summed E-state index contributed by atoms with van der Waals surface area (Å²) in [5.74, 6) is -2.92. The Labute approximate surface area is 198 Å². The molecule has 0 aliphatic rings. The van der Waals surface area contributed by atoms with Gasteiger partial charge in [-0.25, -0.2) is 4.79 Å². The van der Waals surface area contributed by atoms with E-state index in [1.165, 1.54) is 18.2 Å². The Morgan fingerprint density at radius 2 is 1.59 bits per heavy atom. The SMILES string of the molecule is O=C(Cc1ccc(CN(CCO)CCO)cc1)NC[C@@H](Cc1cccc(C(=O)O)c1O)B(O)O. The molecule has 0 spiro atoms. The largest absolute Gasteiger partial charge is 0.507 e. The molecule has 0 aliphatic heterocycles. The number of hydrogen-bond acceptors (Lipinski definition) is 8. The molecule has 2 aromatic carbocycles. The van der Waals surface area contributed by atoms with Gasteiger partial charge in [0.1, 0.15) is 11.3 Å². The van der Waals surface area contributed by atoms with Gasteiger partial charge in [-0.3, -0.25) is 9.69 Å². The number of aliphatic hydroxyl groups excluding tert-OH is 2. The molecule has 184 valence electrons. The van der Waals surface area contributed by atoms with Crippen LogP contribution in [0.15, 0.2) is 42.5 Å². The summed E-state index contributed by atoms with van der Waals surface area (Å²) < 4.78 is 0. The first-order valence-corrected chi connectivity index (χ1v) is 10.9. The van der Waals surface area contributed by atoms with E-state index in [0.717, 1.165) is 11.1 Å². The predicted octanol–water partition coefficient (Wildman–Crippen LogP) is -0.379. The molecule has 0 saturated carbocycles. The topological polar surface area (TPSA) is 171 Å². The van der Waals surface area contributed by atoms with Crippen molar-refractivity contribution in [1.82, 2.24) is 10.2 Å². The van der Waals surface area contributed by atoms with Gasteiger partial charge in [-0.15, -0.1) is 0 Å². The summed E-state index contributed by atoms with van der Waals surface area (Å²) in [4.78, 5) is 25.5. The molecule has 0 bridgehead atoms. The first-order valence-electron chi connectivity index (χ1n) is 10.9. The highest BCUT2D eigenvalue weighted by Crippen LogP contribution is 2.27. The molecule has 11 heteroatoms. The normalized spacial score (nSPS) is 11.9. The Hall–Kier alpha value is -2.96. The first kappa shape index (κ1) is 27.3. The zero-order valence-electron chi connectivity index (χ0n) is 18.8. The summed E-state index contributed by atoms with van der Waals surface area (Å²) in [6.45, 7) is 1.35. The van der Waals surface area contributed by atoms with Gasteiger partial charge in [0.15, 0.2) is 0 Å². The number of aliphatic hydroxyl groups is 2. The van der Waals surface area contributed by atoms with Crippen LogP contribution >= 0.6 is 0 Å². The first-order chi connectivity index (χ1) is 16.2. The van der Waals surface area contributed by atoms with Crippen LogP contribution in [0, 0.1) is 0 Å². The van der Waals surface area contributed by atoms with Gasteiger partial charge in [-0.2, -0.15) is 0 Å². The summed E-state index contributed by atoms with van der Waals surface area (Å²) in [7, 11) is -1.78. The van der Waals surface area contributed by atoms with Gasteiger partial charge in [-0.1, -0.05) is 36.4 Å². The van der Waals surface area contributed by atoms with Gasteiger partial charge in [0.05, 0.1) is 19.6 Å². The molecular weight excluding hydrogens is 443 g/mol. The maximum Gasteiger partial charge on any atom is 0.456 e. The summed E-state index contributed by atoms with van der Waals surface area (Å²) >= 11 is 0. The van der Waals surface area contributed by atoms with Crippen molar-refractivity contribution in [3.8, 4) is 5.75 Å². The maximum absolute atomic E-state index is 12.4. The van der Waals surface area contributed by atoms with E-state index in [1.807, 2.05) is 17.0 Å². The van der Waals surface area contributed by atoms with Crippen LogP contribution in [0.1, 0.15) is 27.0 Å². The third-order valence-electron chi connectivity index (χ3n) is 5.44. The van der Waals surface area contributed by atoms with Gasteiger partial charge < -0.3 is 35.8 Å². The van der Waals surface area contributed by atoms with Crippen molar-refractivity contribution < 1.29 is 40.1 Å². The lowest BCUT2D eigenvalue weighted by Gasteiger charge is -2.20. The minimum Gasteiger partial charge on any atom is -0.507 e. The number of hydrogen-bond donors (Lipinski definition) is 7. The monoisotopic (exact) mass is 474 g/mol. The number of benzene rings is 2. The number of nitrogens with one attached hydrogen (secondary N) is 1. The number of rotatable bonds is 14. The van der Waals surface area contributed by atoms with E-state index >= 15 is 0 Å². The Balaban J connectivity index is 1.92. The van der Waals surface area contributed by atoms with E-state index < -0.39 is 24.7 Å². The average Bonchev–Trinajstić information content (AvgIpc) is 2.79.